The predicted octanol–water partition coefficient (Wildman–Crippen LogP) is 3.89. The number of pyridine rings is 1. The maximum atomic E-state index is 15.0. The van der Waals surface area contributed by atoms with Gasteiger partial charge in [-0.2, -0.15) is 0 Å². The number of aromatic nitrogens is 3. The van der Waals surface area contributed by atoms with Crippen molar-refractivity contribution in [2.75, 3.05) is 23.9 Å². The number of ether oxygens (including phenoxy) is 2. The number of hydrogen-bond acceptors (Lipinski definition) is 8. The fourth-order valence-corrected chi connectivity index (χ4v) is 3.86. The van der Waals surface area contributed by atoms with Crippen molar-refractivity contribution in [1.29, 1.82) is 0 Å². The lowest BCUT2D eigenvalue weighted by Gasteiger charge is -2.18. The number of carbonyl (C=O) groups excluding carboxylic acids is 1. The van der Waals surface area contributed by atoms with Gasteiger partial charge in [0.2, 0.25) is 11.9 Å². The van der Waals surface area contributed by atoms with Crippen molar-refractivity contribution in [3.8, 4) is 23.0 Å². The Morgan fingerprint density at radius 2 is 1.88 bits per heavy atom. The Kier molecular flexibility index (Phi) is 5.54. The Hall–Kier alpha value is -4.47. The Labute approximate surface area is 193 Å². The molecule has 172 valence electrons. The van der Waals surface area contributed by atoms with E-state index in [0.29, 0.717) is 34.8 Å². The number of phenolic OH excluding ortho intramolecular Hbond substituents is 1. The van der Waals surface area contributed by atoms with Crippen molar-refractivity contribution in [3.05, 3.63) is 66.9 Å². The maximum Gasteiger partial charge on any atom is 0.229 e. The van der Waals surface area contributed by atoms with Gasteiger partial charge in [0.1, 0.15) is 5.75 Å². The number of carbonyl (C=O) groups is 1. The predicted molar refractivity (Wildman–Crippen MR) is 123 cm³/mol. The average Bonchev–Trinajstić information content (AvgIpc) is 3.20. The second-order valence-electron chi connectivity index (χ2n) is 7.69. The molecule has 0 saturated carbocycles. The third kappa shape index (κ3) is 4.13. The molecule has 5 rings (SSSR count). The first-order valence-corrected chi connectivity index (χ1v) is 10.5. The van der Waals surface area contributed by atoms with Gasteiger partial charge < -0.3 is 24.8 Å². The van der Waals surface area contributed by atoms with Gasteiger partial charge in [-0.25, -0.2) is 14.4 Å². The van der Waals surface area contributed by atoms with E-state index in [1.165, 1.54) is 36.4 Å². The van der Waals surface area contributed by atoms with Gasteiger partial charge in [0.05, 0.1) is 18.7 Å². The minimum Gasteiger partial charge on any atom is -0.504 e. The SMILES string of the molecule is COc1cc2c(Oc3ccc(N4CC(Nc5ncccn5)CC4=O)cc3F)ccnc2cc1O. The molecule has 2 aromatic heterocycles. The molecule has 9 nitrogen and oxygen atoms in total. The molecule has 3 heterocycles. The normalized spacial score (nSPS) is 15.5. The topological polar surface area (TPSA) is 110 Å². The van der Waals surface area contributed by atoms with E-state index in [0.717, 1.165) is 0 Å². The van der Waals surface area contributed by atoms with Crippen molar-refractivity contribution in [3.63, 3.8) is 0 Å². The molecule has 0 spiro atoms. The molecule has 0 aliphatic carbocycles. The zero-order chi connectivity index (χ0) is 23.7. The average molecular weight is 461 g/mol. The number of nitrogens with zero attached hydrogens (tertiary/aromatic N) is 4. The van der Waals surface area contributed by atoms with Crippen LogP contribution in [0.1, 0.15) is 6.42 Å². The van der Waals surface area contributed by atoms with Crippen molar-refractivity contribution in [1.82, 2.24) is 15.0 Å². The van der Waals surface area contributed by atoms with Crippen LogP contribution in [0.2, 0.25) is 0 Å². The summed E-state index contributed by atoms with van der Waals surface area (Å²) in [4.78, 5) is 26.5. The number of hydrogen-bond donors (Lipinski definition) is 2. The number of amides is 1. The van der Waals surface area contributed by atoms with Crippen molar-refractivity contribution in [2.45, 2.75) is 12.5 Å². The molecule has 1 aliphatic heterocycles. The summed E-state index contributed by atoms with van der Waals surface area (Å²) in [6.07, 6.45) is 4.98. The zero-order valence-electron chi connectivity index (χ0n) is 18.1. The van der Waals surface area contributed by atoms with Crippen LogP contribution in [0.3, 0.4) is 0 Å². The summed E-state index contributed by atoms with van der Waals surface area (Å²) in [7, 11) is 1.43. The summed E-state index contributed by atoms with van der Waals surface area (Å²) in [5.74, 6) is 0.209. The fraction of sp³-hybridized carbons (Fsp3) is 0.167. The van der Waals surface area contributed by atoms with Crippen LogP contribution in [0, 0.1) is 5.82 Å². The summed E-state index contributed by atoms with van der Waals surface area (Å²) in [6.45, 7) is 0.356. The largest absolute Gasteiger partial charge is 0.504 e. The number of benzene rings is 2. The van der Waals surface area contributed by atoms with Crippen molar-refractivity contribution >= 4 is 28.4 Å². The highest BCUT2D eigenvalue weighted by atomic mass is 19.1. The quantitative estimate of drug-likeness (QED) is 0.445. The van der Waals surface area contributed by atoms with Crippen molar-refractivity contribution in [2.24, 2.45) is 0 Å². The van der Waals surface area contributed by atoms with Crippen molar-refractivity contribution < 1.29 is 23.8 Å². The van der Waals surface area contributed by atoms with Crippen LogP contribution in [-0.2, 0) is 4.79 Å². The summed E-state index contributed by atoms with van der Waals surface area (Å²) < 4.78 is 26.0. The van der Waals surface area contributed by atoms with E-state index in [1.54, 1.807) is 36.7 Å². The first-order chi connectivity index (χ1) is 16.5. The van der Waals surface area contributed by atoms with Gasteiger partial charge in [-0.05, 0) is 30.3 Å². The molecule has 1 saturated heterocycles. The van der Waals surface area contributed by atoms with Gasteiger partial charge in [0.25, 0.3) is 0 Å². The third-order valence-corrected chi connectivity index (χ3v) is 5.47. The first-order valence-electron chi connectivity index (χ1n) is 10.5. The smallest absolute Gasteiger partial charge is 0.229 e. The molecule has 1 fully saturated rings. The summed E-state index contributed by atoms with van der Waals surface area (Å²) in [5.41, 5.74) is 0.899. The van der Waals surface area contributed by atoms with E-state index in [9.17, 15) is 14.3 Å². The van der Waals surface area contributed by atoms with Crippen LogP contribution in [0.4, 0.5) is 16.0 Å². The van der Waals surface area contributed by atoms with E-state index in [1.807, 2.05) is 0 Å². The van der Waals surface area contributed by atoms with Gasteiger partial charge >= 0.3 is 0 Å². The van der Waals surface area contributed by atoms with Crippen LogP contribution in [0.5, 0.6) is 23.0 Å². The highest BCUT2D eigenvalue weighted by Gasteiger charge is 2.31. The standard InChI is InChI=1S/C24H20FN5O4/c1-33-22-11-16-18(12-19(22)31)26-8-5-20(16)34-21-4-3-15(10-17(21)25)30-13-14(9-23(30)32)29-24-27-6-2-7-28-24/h2-8,10-12,14,31H,9,13H2,1H3,(H,27,28,29). The maximum absolute atomic E-state index is 15.0. The molecule has 1 atom stereocenters. The lowest BCUT2D eigenvalue weighted by atomic mass is 10.2. The molecular formula is C24H20FN5O4. The Morgan fingerprint density at radius 3 is 2.65 bits per heavy atom. The Balaban J connectivity index is 1.36. The Bertz CT molecular complexity index is 1370. The van der Waals surface area contributed by atoms with E-state index in [2.05, 4.69) is 20.3 Å². The lowest BCUT2D eigenvalue weighted by molar-refractivity contribution is -0.117. The van der Waals surface area contributed by atoms with E-state index in [-0.39, 0.29) is 35.6 Å². The number of fused-ring (bicyclic) bond motifs is 1. The minimum atomic E-state index is -0.621. The van der Waals surface area contributed by atoms with Crippen LogP contribution in [-0.4, -0.2) is 45.7 Å². The highest BCUT2D eigenvalue weighted by molar-refractivity contribution is 5.96. The van der Waals surface area contributed by atoms with Gasteiger partial charge in [-0.1, -0.05) is 0 Å². The molecule has 1 unspecified atom stereocenters. The number of halogens is 1. The third-order valence-electron chi connectivity index (χ3n) is 5.47. The number of anilines is 2. The highest BCUT2D eigenvalue weighted by Crippen LogP contribution is 2.37. The number of methoxy groups -OCH3 is 1. The monoisotopic (exact) mass is 461 g/mol. The van der Waals surface area contributed by atoms with E-state index >= 15 is 0 Å². The number of phenols is 1. The zero-order valence-corrected chi connectivity index (χ0v) is 18.1. The molecule has 4 aromatic rings. The molecule has 10 heteroatoms. The molecule has 1 amide bonds. The molecular weight excluding hydrogens is 441 g/mol. The summed E-state index contributed by atoms with van der Waals surface area (Å²) in [5, 5.41) is 13.7. The fourth-order valence-electron chi connectivity index (χ4n) is 3.86. The molecule has 0 radical (unpaired) electrons. The molecule has 2 aromatic carbocycles. The molecule has 0 bridgehead atoms. The number of nitrogens with one attached hydrogen (secondary N) is 1. The molecule has 2 N–H and O–H groups in total. The number of rotatable bonds is 6. The summed E-state index contributed by atoms with van der Waals surface area (Å²) in [6, 6.07) is 10.5. The van der Waals surface area contributed by atoms with E-state index < -0.39 is 5.82 Å². The molecule has 34 heavy (non-hydrogen) atoms. The van der Waals surface area contributed by atoms with Crippen LogP contribution in [0.15, 0.2) is 61.1 Å². The second-order valence-corrected chi connectivity index (χ2v) is 7.69. The second kappa shape index (κ2) is 8.81. The van der Waals surface area contributed by atoms with Gasteiger partial charge in [0.15, 0.2) is 23.1 Å². The van der Waals surface area contributed by atoms with E-state index in [4.69, 9.17) is 9.47 Å². The lowest BCUT2D eigenvalue weighted by Crippen LogP contribution is -2.28. The Morgan fingerprint density at radius 1 is 1.06 bits per heavy atom. The van der Waals surface area contributed by atoms with Crippen LogP contribution < -0.4 is 19.7 Å². The van der Waals surface area contributed by atoms with Crippen LogP contribution in [0.25, 0.3) is 10.9 Å². The van der Waals surface area contributed by atoms with Crippen LogP contribution >= 0.6 is 0 Å². The summed E-state index contributed by atoms with van der Waals surface area (Å²) >= 11 is 0. The van der Waals surface area contributed by atoms with Gasteiger partial charge in [-0.15, -0.1) is 0 Å². The molecule has 1 aliphatic rings. The van der Waals surface area contributed by atoms with Gasteiger partial charge in [-0.3, -0.25) is 9.78 Å². The van der Waals surface area contributed by atoms with Gasteiger partial charge in [0, 0.05) is 54.8 Å². The number of aromatic hydroxyl groups is 1. The first kappa shape index (κ1) is 21.4. The minimum absolute atomic E-state index is 0.0118.